The highest BCUT2D eigenvalue weighted by atomic mass is 127. The fourth-order valence-corrected chi connectivity index (χ4v) is 3.71. The number of rotatable bonds is 10. The Morgan fingerprint density at radius 3 is 2.69 bits per heavy atom. The van der Waals surface area contributed by atoms with E-state index in [4.69, 9.17) is 14.2 Å². The second-order valence-corrected chi connectivity index (χ2v) is 7.86. The molecule has 1 heterocycles. The van der Waals surface area contributed by atoms with Gasteiger partial charge in [-0.05, 0) is 57.6 Å². The third kappa shape index (κ3) is 6.64. The van der Waals surface area contributed by atoms with Crippen LogP contribution >= 0.6 is 24.0 Å². The Morgan fingerprint density at radius 1 is 1.24 bits per heavy atom. The first kappa shape index (κ1) is 24.1. The molecular weight excluding hydrogens is 481 g/mol. The van der Waals surface area contributed by atoms with Crippen molar-refractivity contribution in [1.29, 1.82) is 0 Å². The number of nitrogens with one attached hydrogen (secondary N) is 2. The highest BCUT2D eigenvalue weighted by Crippen LogP contribution is 2.48. The second-order valence-electron chi connectivity index (χ2n) is 7.86. The largest absolute Gasteiger partial charge is 0.494 e. The highest BCUT2D eigenvalue weighted by molar-refractivity contribution is 14.0. The van der Waals surface area contributed by atoms with E-state index in [1.165, 1.54) is 18.4 Å². The van der Waals surface area contributed by atoms with Crippen LogP contribution in [0.25, 0.3) is 0 Å². The smallest absolute Gasteiger partial charge is 0.191 e. The number of guanidine groups is 1. The van der Waals surface area contributed by atoms with Gasteiger partial charge in [-0.1, -0.05) is 0 Å². The molecule has 1 unspecified atom stereocenters. The zero-order chi connectivity index (χ0) is 20.0. The number of nitrogens with zero attached hydrogens (tertiary/aromatic N) is 1. The first-order valence-corrected chi connectivity index (χ1v) is 10.6. The molecule has 7 heteroatoms. The summed E-state index contributed by atoms with van der Waals surface area (Å²) in [6.45, 7) is 10.0. The third-order valence-electron chi connectivity index (χ3n) is 5.62. The second kappa shape index (κ2) is 11.2. The van der Waals surface area contributed by atoms with E-state index < -0.39 is 0 Å². The van der Waals surface area contributed by atoms with Crippen molar-refractivity contribution in [3.63, 3.8) is 0 Å². The lowest BCUT2D eigenvalue weighted by molar-refractivity contribution is 0.128. The lowest BCUT2D eigenvalue weighted by Gasteiger charge is -2.19. The van der Waals surface area contributed by atoms with Crippen LogP contribution in [-0.4, -0.2) is 45.5 Å². The summed E-state index contributed by atoms with van der Waals surface area (Å²) in [6.07, 6.45) is 4.81. The third-order valence-corrected chi connectivity index (χ3v) is 5.62. The number of benzene rings is 1. The van der Waals surface area contributed by atoms with Gasteiger partial charge in [-0.25, -0.2) is 0 Å². The quantitative estimate of drug-likeness (QED) is 0.213. The van der Waals surface area contributed by atoms with Gasteiger partial charge in [0.15, 0.2) is 5.96 Å². The van der Waals surface area contributed by atoms with Crippen molar-refractivity contribution >= 4 is 29.9 Å². The van der Waals surface area contributed by atoms with Crippen LogP contribution in [0.2, 0.25) is 0 Å². The molecule has 0 bridgehead atoms. The van der Waals surface area contributed by atoms with Crippen LogP contribution in [0.4, 0.5) is 0 Å². The van der Waals surface area contributed by atoms with Gasteiger partial charge in [-0.15, -0.1) is 24.0 Å². The van der Waals surface area contributed by atoms with Crippen LogP contribution in [-0.2, 0) is 17.7 Å². The zero-order valence-electron chi connectivity index (χ0n) is 18.2. The van der Waals surface area contributed by atoms with Gasteiger partial charge in [-0.2, -0.15) is 0 Å². The molecule has 2 N–H and O–H groups in total. The molecule has 1 aliphatic carbocycles. The molecule has 1 aromatic rings. The Hall–Kier alpha value is -1.22. The van der Waals surface area contributed by atoms with Crippen molar-refractivity contribution < 1.29 is 14.2 Å². The molecular formula is C22H36IN3O3. The SMILES string of the molecule is CCOCCC1(CNC(=NC)NCc2cc3c(cc2OCC)CC(C)O3)CC1.I. The molecule has 1 aliphatic heterocycles. The van der Waals surface area contributed by atoms with Gasteiger partial charge in [0.1, 0.15) is 17.6 Å². The van der Waals surface area contributed by atoms with Crippen LogP contribution < -0.4 is 20.1 Å². The van der Waals surface area contributed by atoms with E-state index >= 15 is 0 Å². The van der Waals surface area contributed by atoms with Crippen LogP contribution in [0, 0.1) is 5.41 Å². The standard InChI is InChI=1S/C22H35N3O3.HI/c1-5-26-10-9-22(7-8-22)15-25-21(23-4)24-14-18-13-20-17(11-16(3)28-20)12-19(18)27-6-2;/h12-13,16H,5-11,14-15H2,1-4H3,(H2,23,24,25);1H. The molecule has 1 saturated carbocycles. The van der Waals surface area contributed by atoms with E-state index in [0.29, 0.717) is 18.6 Å². The summed E-state index contributed by atoms with van der Waals surface area (Å²) in [7, 11) is 1.81. The predicted molar refractivity (Wildman–Crippen MR) is 128 cm³/mol. The van der Waals surface area contributed by atoms with E-state index in [0.717, 1.165) is 55.6 Å². The summed E-state index contributed by atoms with van der Waals surface area (Å²) in [4.78, 5) is 4.38. The number of ether oxygens (including phenoxy) is 3. The molecule has 0 amide bonds. The molecule has 29 heavy (non-hydrogen) atoms. The van der Waals surface area contributed by atoms with Gasteiger partial charge in [-0.3, -0.25) is 4.99 Å². The van der Waals surface area contributed by atoms with E-state index in [-0.39, 0.29) is 30.1 Å². The zero-order valence-corrected chi connectivity index (χ0v) is 20.5. The summed E-state index contributed by atoms with van der Waals surface area (Å²) in [6, 6.07) is 4.23. The van der Waals surface area contributed by atoms with Gasteiger partial charge >= 0.3 is 0 Å². The number of hydrogen-bond donors (Lipinski definition) is 2. The molecule has 164 valence electrons. The van der Waals surface area contributed by atoms with E-state index in [1.54, 1.807) is 0 Å². The van der Waals surface area contributed by atoms with Crippen LogP contribution in [0.15, 0.2) is 17.1 Å². The fraction of sp³-hybridized carbons (Fsp3) is 0.682. The molecule has 0 saturated heterocycles. The Morgan fingerprint density at radius 2 is 2.03 bits per heavy atom. The maximum Gasteiger partial charge on any atom is 0.191 e. The first-order valence-electron chi connectivity index (χ1n) is 10.6. The van der Waals surface area contributed by atoms with Gasteiger partial charge in [0.25, 0.3) is 0 Å². The minimum Gasteiger partial charge on any atom is -0.494 e. The summed E-state index contributed by atoms with van der Waals surface area (Å²) in [5.41, 5.74) is 2.70. The van der Waals surface area contributed by atoms with Gasteiger partial charge in [0, 0.05) is 50.9 Å². The van der Waals surface area contributed by atoms with Gasteiger partial charge < -0.3 is 24.8 Å². The predicted octanol–water partition coefficient (Wildman–Crippen LogP) is 3.90. The first-order chi connectivity index (χ1) is 13.6. The van der Waals surface area contributed by atoms with Gasteiger partial charge in [0.05, 0.1) is 6.61 Å². The average molecular weight is 517 g/mol. The average Bonchev–Trinajstić information content (AvgIpc) is 3.35. The summed E-state index contributed by atoms with van der Waals surface area (Å²) in [5.74, 6) is 2.72. The van der Waals surface area contributed by atoms with Crippen molar-refractivity contribution in [2.75, 3.05) is 33.4 Å². The molecule has 1 fully saturated rings. The van der Waals surface area contributed by atoms with Crippen molar-refractivity contribution in [2.24, 2.45) is 10.4 Å². The minimum absolute atomic E-state index is 0. The van der Waals surface area contributed by atoms with Crippen molar-refractivity contribution in [1.82, 2.24) is 10.6 Å². The molecule has 6 nitrogen and oxygen atoms in total. The highest BCUT2D eigenvalue weighted by Gasteiger charge is 2.41. The van der Waals surface area contributed by atoms with E-state index in [2.05, 4.69) is 34.7 Å². The molecule has 0 radical (unpaired) electrons. The fourth-order valence-electron chi connectivity index (χ4n) is 3.71. The normalized spacial score (nSPS) is 19.0. The lowest BCUT2D eigenvalue weighted by atomic mass is 10.0. The maximum atomic E-state index is 5.92. The monoisotopic (exact) mass is 517 g/mol. The lowest BCUT2D eigenvalue weighted by Crippen LogP contribution is -2.40. The van der Waals surface area contributed by atoms with Crippen molar-refractivity contribution in [3.05, 3.63) is 23.3 Å². The van der Waals surface area contributed by atoms with Crippen LogP contribution in [0.3, 0.4) is 0 Å². The summed E-state index contributed by atoms with van der Waals surface area (Å²) in [5, 5.41) is 6.92. The molecule has 1 atom stereocenters. The number of fused-ring (bicyclic) bond motifs is 1. The molecule has 2 aliphatic rings. The summed E-state index contributed by atoms with van der Waals surface area (Å²) < 4.78 is 17.3. The van der Waals surface area contributed by atoms with Crippen molar-refractivity contribution in [2.45, 2.75) is 59.1 Å². The topological polar surface area (TPSA) is 64.1 Å². The number of hydrogen-bond acceptors (Lipinski definition) is 4. The van der Waals surface area contributed by atoms with Crippen LogP contribution in [0.5, 0.6) is 11.5 Å². The minimum atomic E-state index is 0. The maximum absolute atomic E-state index is 5.92. The van der Waals surface area contributed by atoms with Crippen molar-refractivity contribution in [3.8, 4) is 11.5 Å². The Bertz CT molecular complexity index is 692. The molecule has 0 spiro atoms. The number of aliphatic imine (C=N–C) groups is 1. The Balaban J connectivity index is 0.00000300. The molecule has 3 rings (SSSR count). The molecule has 0 aromatic heterocycles. The Labute approximate surface area is 192 Å². The van der Waals surface area contributed by atoms with E-state index in [9.17, 15) is 0 Å². The summed E-state index contributed by atoms with van der Waals surface area (Å²) >= 11 is 0. The van der Waals surface area contributed by atoms with E-state index in [1.807, 2.05) is 20.9 Å². The molecule has 1 aromatic carbocycles. The van der Waals surface area contributed by atoms with Crippen LogP contribution in [0.1, 0.15) is 51.2 Å². The number of halogens is 1. The van der Waals surface area contributed by atoms with Gasteiger partial charge in [0.2, 0.25) is 0 Å². The Kier molecular flexibility index (Phi) is 9.33.